The zero-order valence-electron chi connectivity index (χ0n) is 15.9. The summed E-state index contributed by atoms with van der Waals surface area (Å²) < 4.78 is 34.1. The van der Waals surface area contributed by atoms with Crippen LogP contribution in [0.4, 0.5) is 11.4 Å². The average molecular weight is 414 g/mol. The van der Waals surface area contributed by atoms with E-state index in [0.29, 0.717) is 31.0 Å². The molecule has 0 amide bonds. The summed E-state index contributed by atoms with van der Waals surface area (Å²) >= 11 is 0. The number of sulfonamides is 1. The largest absolute Gasteiger partial charge is 0.490 e. The number of likely N-dealkylation sites (N-methyl/N-ethyl adjacent to an activating group) is 1. The number of aryl methyl sites for hydroxylation is 1. The van der Waals surface area contributed by atoms with Crippen molar-refractivity contribution < 1.29 is 13.2 Å². The lowest BCUT2D eigenvalue weighted by Gasteiger charge is -2.28. The van der Waals surface area contributed by atoms with Gasteiger partial charge in [-0.3, -0.25) is 4.72 Å². The molecule has 0 unspecified atom stereocenters. The van der Waals surface area contributed by atoms with Crippen molar-refractivity contribution in [3.63, 3.8) is 0 Å². The van der Waals surface area contributed by atoms with E-state index in [2.05, 4.69) is 14.9 Å². The van der Waals surface area contributed by atoms with Crippen LogP contribution in [0.25, 0.3) is 0 Å². The Hall–Kier alpha value is -3.27. The first-order valence-electron chi connectivity index (χ1n) is 9.13. The smallest absolute Gasteiger partial charge is 0.261 e. The molecule has 0 atom stereocenters. The second kappa shape index (κ2) is 7.28. The van der Waals surface area contributed by atoms with Crippen LogP contribution < -0.4 is 25.8 Å². The molecule has 1 aliphatic heterocycles. The van der Waals surface area contributed by atoms with Crippen molar-refractivity contribution in [3.8, 4) is 5.75 Å². The summed E-state index contributed by atoms with van der Waals surface area (Å²) in [6.45, 7) is 1.28. The number of fused-ring (bicyclic) bond motifs is 2. The molecule has 2 aliphatic rings. The predicted octanol–water partition coefficient (Wildman–Crippen LogP) is 1.24. The first-order chi connectivity index (χ1) is 13.8. The normalized spacial score (nSPS) is 16.7. The number of nitrogens with zero attached hydrogens (tertiary/aromatic N) is 3. The summed E-state index contributed by atoms with van der Waals surface area (Å²) in [5.74, 6) is 0.556. The van der Waals surface area contributed by atoms with Gasteiger partial charge in [0.2, 0.25) is 5.96 Å². The number of hydrogen-bond donors (Lipinski definition) is 3. The summed E-state index contributed by atoms with van der Waals surface area (Å²) in [5, 5.41) is 7.78. The number of nitrogens with two attached hydrogens (primary N) is 2. The minimum Gasteiger partial charge on any atom is -0.490 e. The van der Waals surface area contributed by atoms with Gasteiger partial charge >= 0.3 is 0 Å². The number of anilines is 2. The first-order valence-corrected chi connectivity index (χ1v) is 10.6. The van der Waals surface area contributed by atoms with Crippen molar-refractivity contribution in [2.45, 2.75) is 17.7 Å². The monoisotopic (exact) mass is 414 g/mol. The zero-order valence-corrected chi connectivity index (χ0v) is 16.7. The second-order valence-electron chi connectivity index (χ2n) is 6.95. The third kappa shape index (κ3) is 3.83. The van der Waals surface area contributed by atoms with Gasteiger partial charge in [-0.2, -0.15) is 5.10 Å². The maximum atomic E-state index is 12.9. The first kappa shape index (κ1) is 19.1. The van der Waals surface area contributed by atoms with Gasteiger partial charge in [-0.05, 0) is 48.7 Å². The lowest BCUT2D eigenvalue weighted by molar-refractivity contribution is 0.311. The van der Waals surface area contributed by atoms with E-state index in [-0.39, 0.29) is 10.9 Å². The SMILES string of the molecule is CN1CCOc2ccc(S(=O)(=O)Nc3ccc4c(c3)/C(=N/N=C(N)N)CC4)cc21. The molecule has 1 heterocycles. The molecule has 9 nitrogen and oxygen atoms in total. The Morgan fingerprint density at radius 3 is 2.79 bits per heavy atom. The number of hydrogen-bond acceptors (Lipinski definition) is 6. The molecule has 0 aromatic heterocycles. The van der Waals surface area contributed by atoms with Crippen molar-refractivity contribution in [2.75, 3.05) is 29.8 Å². The number of rotatable bonds is 4. The molecule has 0 spiro atoms. The minimum absolute atomic E-state index is 0.121. The summed E-state index contributed by atoms with van der Waals surface area (Å²) in [4.78, 5) is 2.14. The van der Waals surface area contributed by atoms with Crippen LogP contribution in [0.15, 0.2) is 51.5 Å². The topological polar surface area (TPSA) is 135 Å². The highest BCUT2D eigenvalue weighted by molar-refractivity contribution is 7.92. The molecular formula is C19H22N6O3S. The molecule has 1 aliphatic carbocycles. The van der Waals surface area contributed by atoms with E-state index >= 15 is 0 Å². The molecule has 2 aromatic rings. The maximum absolute atomic E-state index is 12.9. The Morgan fingerprint density at radius 2 is 2.00 bits per heavy atom. The highest BCUT2D eigenvalue weighted by atomic mass is 32.2. The van der Waals surface area contributed by atoms with Crippen molar-refractivity contribution in [1.29, 1.82) is 0 Å². The Bertz CT molecular complexity index is 1120. The molecule has 10 heteroatoms. The highest BCUT2D eigenvalue weighted by Crippen LogP contribution is 2.33. The van der Waals surface area contributed by atoms with Gasteiger partial charge in [0.15, 0.2) is 0 Å². The molecule has 29 heavy (non-hydrogen) atoms. The van der Waals surface area contributed by atoms with Gasteiger partial charge in [0.1, 0.15) is 12.4 Å². The summed E-state index contributed by atoms with van der Waals surface area (Å²) in [5.41, 5.74) is 14.5. The van der Waals surface area contributed by atoms with Crippen LogP contribution in [0.3, 0.4) is 0 Å². The molecule has 2 aromatic carbocycles. The van der Waals surface area contributed by atoms with E-state index in [0.717, 1.165) is 28.9 Å². The molecule has 152 valence electrons. The van der Waals surface area contributed by atoms with Gasteiger partial charge in [0.25, 0.3) is 10.0 Å². The fourth-order valence-corrected chi connectivity index (χ4v) is 4.52. The van der Waals surface area contributed by atoms with Gasteiger partial charge in [0.05, 0.1) is 22.8 Å². The Balaban J connectivity index is 1.63. The summed E-state index contributed by atoms with van der Waals surface area (Å²) in [7, 11) is -1.86. The molecule has 4 rings (SSSR count). The lowest BCUT2D eigenvalue weighted by atomic mass is 10.1. The van der Waals surface area contributed by atoms with Gasteiger partial charge in [0, 0.05) is 18.3 Å². The van der Waals surface area contributed by atoms with Crippen LogP contribution in [0.1, 0.15) is 17.5 Å². The molecule has 0 fully saturated rings. The van der Waals surface area contributed by atoms with Crippen molar-refractivity contribution >= 4 is 33.1 Å². The average Bonchev–Trinajstić information content (AvgIpc) is 3.08. The summed E-state index contributed by atoms with van der Waals surface area (Å²) in [6.07, 6.45) is 1.50. The number of nitrogens with one attached hydrogen (secondary N) is 1. The van der Waals surface area contributed by atoms with Crippen molar-refractivity contribution in [1.82, 2.24) is 0 Å². The van der Waals surface area contributed by atoms with Crippen LogP contribution >= 0.6 is 0 Å². The molecule has 0 saturated carbocycles. The van der Waals surface area contributed by atoms with E-state index in [1.54, 1.807) is 30.3 Å². The maximum Gasteiger partial charge on any atom is 0.261 e. The third-order valence-corrected chi connectivity index (χ3v) is 6.31. The highest BCUT2D eigenvalue weighted by Gasteiger charge is 2.23. The van der Waals surface area contributed by atoms with E-state index in [9.17, 15) is 8.42 Å². The van der Waals surface area contributed by atoms with Gasteiger partial charge < -0.3 is 21.1 Å². The second-order valence-corrected chi connectivity index (χ2v) is 8.63. The molecule has 0 saturated heterocycles. The van der Waals surface area contributed by atoms with Crippen LogP contribution in [0.2, 0.25) is 0 Å². The Labute approximate surface area is 169 Å². The zero-order chi connectivity index (χ0) is 20.6. The van der Waals surface area contributed by atoms with Crippen LogP contribution in [0, 0.1) is 0 Å². The standard InChI is InChI=1S/C19H22N6O3S/c1-25-8-9-28-18-7-5-14(11-17(18)25)29(26,27)24-13-4-2-12-3-6-16(15(12)10-13)22-23-19(20)21/h2,4-5,7,10-11,24H,3,6,8-9H2,1H3,(H4,20,21,23)/b22-16+. The van der Waals surface area contributed by atoms with E-state index in [4.69, 9.17) is 16.2 Å². The van der Waals surface area contributed by atoms with Crippen LogP contribution in [-0.4, -0.2) is 40.3 Å². The van der Waals surface area contributed by atoms with E-state index < -0.39 is 10.0 Å². The van der Waals surface area contributed by atoms with Gasteiger partial charge in [-0.1, -0.05) is 6.07 Å². The third-order valence-electron chi connectivity index (χ3n) is 4.93. The molecule has 0 radical (unpaired) electrons. The molecule has 5 N–H and O–H groups in total. The van der Waals surface area contributed by atoms with Gasteiger partial charge in [-0.15, -0.1) is 5.10 Å². The van der Waals surface area contributed by atoms with E-state index in [1.165, 1.54) is 0 Å². The van der Waals surface area contributed by atoms with Crippen LogP contribution in [0.5, 0.6) is 5.75 Å². The van der Waals surface area contributed by atoms with E-state index in [1.807, 2.05) is 18.0 Å². The van der Waals surface area contributed by atoms with Crippen LogP contribution in [-0.2, 0) is 16.4 Å². The number of benzene rings is 2. The molecular weight excluding hydrogens is 392 g/mol. The fourth-order valence-electron chi connectivity index (χ4n) is 3.45. The summed E-state index contributed by atoms with van der Waals surface area (Å²) in [6, 6.07) is 10.2. The predicted molar refractivity (Wildman–Crippen MR) is 113 cm³/mol. The Morgan fingerprint density at radius 1 is 1.17 bits per heavy atom. The Kier molecular flexibility index (Phi) is 4.79. The minimum atomic E-state index is -3.77. The van der Waals surface area contributed by atoms with Crippen molar-refractivity contribution in [3.05, 3.63) is 47.5 Å². The number of guanidine groups is 1. The molecule has 0 bridgehead atoms. The quantitative estimate of drug-likeness (QED) is 0.391. The number of ether oxygens (including phenoxy) is 1. The lowest BCUT2D eigenvalue weighted by Crippen LogP contribution is -2.29. The van der Waals surface area contributed by atoms with Gasteiger partial charge in [-0.25, -0.2) is 8.42 Å². The fraction of sp³-hybridized carbons (Fsp3) is 0.263. The van der Waals surface area contributed by atoms with Crippen molar-refractivity contribution in [2.24, 2.45) is 21.7 Å².